The molecule has 1 aromatic carbocycles. The van der Waals surface area contributed by atoms with Crippen molar-refractivity contribution < 1.29 is 9.53 Å². The summed E-state index contributed by atoms with van der Waals surface area (Å²) in [5.74, 6) is -0.0543. The van der Waals surface area contributed by atoms with Gasteiger partial charge in [0.15, 0.2) is 0 Å². The van der Waals surface area contributed by atoms with Crippen molar-refractivity contribution in [1.29, 1.82) is 0 Å². The minimum absolute atomic E-state index is 0.0152. The minimum Gasteiger partial charge on any atom is -0.466 e. The number of ether oxygens (including phenoxy) is 1. The van der Waals surface area contributed by atoms with Gasteiger partial charge in [0.05, 0.1) is 12.5 Å². The first-order valence-corrected chi connectivity index (χ1v) is 7.21. The van der Waals surface area contributed by atoms with Crippen LogP contribution < -0.4 is 5.32 Å². The summed E-state index contributed by atoms with van der Waals surface area (Å²) in [5, 5.41) is 4.20. The molecule has 2 atom stereocenters. The molecule has 104 valence electrons. The molecule has 1 heterocycles. The van der Waals surface area contributed by atoms with E-state index in [4.69, 9.17) is 16.3 Å². The van der Waals surface area contributed by atoms with Gasteiger partial charge in [0, 0.05) is 17.6 Å². The molecule has 2 unspecified atom stereocenters. The average molecular weight is 282 g/mol. The predicted octanol–water partition coefficient (Wildman–Crippen LogP) is 2.81. The van der Waals surface area contributed by atoms with Crippen molar-refractivity contribution in [2.45, 2.75) is 32.2 Å². The number of esters is 1. The highest BCUT2D eigenvalue weighted by atomic mass is 35.5. The number of carbonyl (C=O) groups excluding carboxylic acids is 1. The maximum absolute atomic E-state index is 11.6. The highest BCUT2D eigenvalue weighted by molar-refractivity contribution is 6.30. The van der Waals surface area contributed by atoms with Gasteiger partial charge in [-0.2, -0.15) is 0 Å². The molecule has 0 radical (unpaired) electrons. The van der Waals surface area contributed by atoms with Crippen LogP contribution in [0.2, 0.25) is 5.02 Å². The van der Waals surface area contributed by atoms with E-state index in [1.807, 2.05) is 19.1 Å². The molecule has 4 heteroatoms. The molecule has 1 aliphatic heterocycles. The molecule has 0 bridgehead atoms. The molecule has 1 aromatic rings. The summed E-state index contributed by atoms with van der Waals surface area (Å²) in [6, 6.07) is 8.39. The van der Waals surface area contributed by atoms with Crippen molar-refractivity contribution in [3.05, 3.63) is 34.9 Å². The number of carbonyl (C=O) groups is 1. The summed E-state index contributed by atoms with van der Waals surface area (Å²) in [6.07, 6.45) is 2.89. The van der Waals surface area contributed by atoms with Crippen LogP contribution in [0.4, 0.5) is 0 Å². The smallest absolute Gasteiger partial charge is 0.310 e. The molecule has 1 N–H and O–H groups in total. The molecule has 19 heavy (non-hydrogen) atoms. The van der Waals surface area contributed by atoms with Crippen molar-refractivity contribution in [3.8, 4) is 0 Å². The van der Waals surface area contributed by atoms with E-state index >= 15 is 0 Å². The SMILES string of the molecule is CCOC(=O)C1CCC(Cc2ccc(Cl)cc2)NC1. The third-order valence-corrected chi connectivity index (χ3v) is 3.78. The fourth-order valence-corrected chi connectivity index (χ4v) is 2.58. The van der Waals surface area contributed by atoms with Crippen LogP contribution in [0.25, 0.3) is 0 Å². The number of halogens is 1. The number of hydrogen-bond donors (Lipinski definition) is 1. The Kier molecular flexibility index (Phi) is 5.23. The second-order valence-corrected chi connectivity index (χ2v) is 5.40. The molecule has 1 aliphatic rings. The van der Waals surface area contributed by atoms with Gasteiger partial charge in [-0.05, 0) is 43.9 Å². The lowest BCUT2D eigenvalue weighted by atomic mass is 9.91. The summed E-state index contributed by atoms with van der Waals surface area (Å²) < 4.78 is 5.05. The summed E-state index contributed by atoms with van der Waals surface area (Å²) in [6.45, 7) is 3.03. The van der Waals surface area contributed by atoms with Crippen LogP contribution in [0.1, 0.15) is 25.3 Å². The summed E-state index contributed by atoms with van der Waals surface area (Å²) in [7, 11) is 0. The highest BCUT2D eigenvalue weighted by Crippen LogP contribution is 2.19. The monoisotopic (exact) mass is 281 g/mol. The van der Waals surface area contributed by atoms with Crippen molar-refractivity contribution in [1.82, 2.24) is 5.32 Å². The summed E-state index contributed by atoms with van der Waals surface area (Å²) in [5.41, 5.74) is 1.27. The predicted molar refractivity (Wildman–Crippen MR) is 76.3 cm³/mol. The average Bonchev–Trinajstić information content (AvgIpc) is 2.42. The molecular formula is C15H20ClNO2. The number of rotatable bonds is 4. The first-order chi connectivity index (χ1) is 9.19. The molecule has 0 aromatic heterocycles. The van der Waals surface area contributed by atoms with Crippen molar-refractivity contribution in [2.75, 3.05) is 13.2 Å². The fourth-order valence-electron chi connectivity index (χ4n) is 2.46. The number of nitrogens with one attached hydrogen (secondary N) is 1. The first-order valence-electron chi connectivity index (χ1n) is 6.83. The second-order valence-electron chi connectivity index (χ2n) is 4.96. The normalized spacial score (nSPS) is 23.1. The molecular weight excluding hydrogens is 262 g/mol. The Balaban J connectivity index is 1.80. The van der Waals surface area contributed by atoms with Gasteiger partial charge < -0.3 is 10.1 Å². The Morgan fingerprint density at radius 2 is 2.11 bits per heavy atom. The van der Waals surface area contributed by atoms with Gasteiger partial charge >= 0.3 is 5.97 Å². The Morgan fingerprint density at radius 3 is 2.68 bits per heavy atom. The molecule has 3 nitrogen and oxygen atoms in total. The number of benzene rings is 1. The quantitative estimate of drug-likeness (QED) is 0.863. The van der Waals surface area contributed by atoms with Gasteiger partial charge in [0.1, 0.15) is 0 Å². The topological polar surface area (TPSA) is 38.3 Å². The summed E-state index contributed by atoms with van der Waals surface area (Å²) in [4.78, 5) is 11.6. The van der Waals surface area contributed by atoms with E-state index < -0.39 is 0 Å². The van der Waals surface area contributed by atoms with E-state index in [1.165, 1.54) is 5.56 Å². The molecule has 0 saturated carbocycles. The van der Waals surface area contributed by atoms with Gasteiger partial charge in [-0.3, -0.25) is 4.79 Å². The van der Waals surface area contributed by atoms with E-state index in [2.05, 4.69) is 17.4 Å². The summed E-state index contributed by atoms with van der Waals surface area (Å²) >= 11 is 5.87. The van der Waals surface area contributed by atoms with E-state index in [-0.39, 0.29) is 11.9 Å². The highest BCUT2D eigenvalue weighted by Gasteiger charge is 2.26. The molecule has 0 spiro atoms. The van der Waals surface area contributed by atoms with Crippen LogP contribution >= 0.6 is 11.6 Å². The zero-order valence-corrected chi connectivity index (χ0v) is 12.0. The van der Waals surface area contributed by atoms with Gasteiger partial charge in [-0.1, -0.05) is 23.7 Å². The number of hydrogen-bond acceptors (Lipinski definition) is 3. The first kappa shape index (κ1) is 14.4. The van der Waals surface area contributed by atoms with Crippen molar-refractivity contribution in [2.24, 2.45) is 5.92 Å². The molecule has 2 rings (SSSR count). The van der Waals surface area contributed by atoms with Gasteiger partial charge in [-0.15, -0.1) is 0 Å². The van der Waals surface area contributed by atoms with E-state index in [0.29, 0.717) is 12.6 Å². The lowest BCUT2D eigenvalue weighted by Gasteiger charge is -2.28. The fraction of sp³-hybridized carbons (Fsp3) is 0.533. The van der Waals surface area contributed by atoms with Crippen molar-refractivity contribution >= 4 is 17.6 Å². The molecule has 1 saturated heterocycles. The number of piperidine rings is 1. The zero-order valence-electron chi connectivity index (χ0n) is 11.2. The van der Waals surface area contributed by atoms with E-state index in [1.54, 1.807) is 0 Å². The third-order valence-electron chi connectivity index (χ3n) is 3.53. The Bertz CT molecular complexity index is 411. The van der Waals surface area contributed by atoms with Crippen molar-refractivity contribution in [3.63, 3.8) is 0 Å². The second kappa shape index (κ2) is 6.92. The van der Waals surface area contributed by atoms with Crippen LogP contribution in [0.3, 0.4) is 0 Å². The van der Waals surface area contributed by atoms with Gasteiger partial charge in [0.2, 0.25) is 0 Å². The van der Waals surface area contributed by atoms with E-state index in [0.717, 1.165) is 30.8 Å². The van der Waals surface area contributed by atoms with Crippen LogP contribution in [-0.4, -0.2) is 25.2 Å². The largest absolute Gasteiger partial charge is 0.466 e. The lowest BCUT2D eigenvalue weighted by Crippen LogP contribution is -2.43. The van der Waals surface area contributed by atoms with Crippen LogP contribution in [0, 0.1) is 5.92 Å². The van der Waals surface area contributed by atoms with Crippen LogP contribution in [0.15, 0.2) is 24.3 Å². The van der Waals surface area contributed by atoms with Crippen LogP contribution in [0.5, 0.6) is 0 Å². The standard InChI is InChI=1S/C15H20ClNO2/c1-2-19-15(18)12-5-8-14(17-10-12)9-11-3-6-13(16)7-4-11/h3-4,6-7,12,14,17H,2,5,8-10H2,1H3. The van der Waals surface area contributed by atoms with Crippen LogP contribution in [-0.2, 0) is 16.0 Å². The maximum Gasteiger partial charge on any atom is 0.310 e. The van der Waals surface area contributed by atoms with Gasteiger partial charge in [-0.25, -0.2) is 0 Å². The molecule has 0 amide bonds. The Morgan fingerprint density at radius 1 is 1.37 bits per heavy atom. The lowest BCUT2D eigenvalue weighted by molar-refractivity contribution is -0.148. The van der Waals surface area contributed by atoms with E-state index in [9.17, 15) is 4.79 Å². The Labute approximate surface area is 119 Å². The third kappa shape index (κ3) is 4.22. The van der Waals surface area contributed by atoms with Gasteiger partial charge in [0.25, 0.3) is 0 Å². The zero-order chi connectivity index (χ0) is 13.7. The molecule has 1 fully saturated rings. The molecule has 0 aliphatic carbocycles. The maximum atomic E-state index is 11.6. The Hall–Kier alpha value is -1.06. The minimum atomic E-state index is -0.0695.